The number of fused-ring (bicyclic) bond motifs is 1. The van der Waals surface area contributed by atoms with Gasteiger partial charge in [-0.2, -0.15) is 0 Å². The number of anilines is 2. The van der Waals surface area contributed by atoms with Gasteiger partial charge in [-0.3, -0.25) is 0 Å². The first-order chi connectivity index (χ1) is 15.2. The summed E-state index contributed by atoms with van der Waals surface area (Å²) in [5, 5.41) is 7.11. The summed E-state index contributed by atoms with van der Waals surface area (Å²) in [4.78, 5) is 19.4. The quantitative estimate of drug-likeness (QED) is 0.365. The molecule has 1 aliphatic heterocycles. The van der Waals surface area contributed by atoms with E-state index in [0.717, 1.165) is 41.3 Å². The van der Waals surface area contributed by atoms with E-state index in [-0.39, 0.29) is 6.03 Å². The summed E-state index contributed by atoms with van der Waals surface area (Å²) >= 11 is 1.61. The number of H-pyrrole nitrogens is 1. The SMILES string of the molecule is CCCCN1C=CC(c2c[nH]c3ccc(NC(=O)Nc4ccccc4SC)cc23)CC1. The lowest BCUT2D eigenvalue weighted by Gasteiger charge is -2.27. The number of urea groups is 1. The van der Waals surface area contributed by atoms with Gasteiger partial charge in [0.05, 0.1) is 5.69 Å². The van der Waals surface area contributed by atoms with Crippen molar-refractivity contribution >= 4 is 40.1 Å². The molecule has 4 rings (SSSR count). The molecule has 1 aromatic heterocycles. The van der Waals surface area contributed by atoms with Gasteiger partial charge < -0.3 is 20.5 Å². The third kappa shape index (κ3) is 5.07. The molecule has 3 aromatic rings. The molecule has 0 fully saturated rings. The van der Waals surface area contributed by atoms with Crippen LogP contribution < -0.4 is 10.6 Å². The predicted octanol–water partition coefficient (Wildman–Crippen LogP) is 6.64. The van der Waals surface area contributed by atoms with Gasteiger partial charge in [-0.15, -0.1) is 11.8 Å². The van der Waals surface area contributed by atoms with Gasteiger partial charge in [0.1, 0.15) is 0 Å². The predicted molar refractivity (Wildman–Crippen MR) is 132 cm³/mol. The van der Waals surface area contributed by atoms with Crippen molar-refractivity contribution in [2.75, 3.05) is 30.0 Å². The molecule has 6 heteroatoms. The number of hydrogen-bond donors (Lipinski definition) is 3. The van der Waals surface area contributed by atoms with Crippen LogP contribution in [0.15, 0.2) is 65.8 Å². The van der Waals surface area contributed by atoms with Crippen molar-refractivity contribution in [1.82, 2.24) is 9.88 Å². The number of nitrogens with one attached hydrogen (secondary N) is 3. The van der Waals surface area contributed by atoms with E-state index in [4.69, 9.17) is 0 Å². The van der Waals surface area contributed by atoms with Crippen LogP contribution in [-0.2, 0) is 0 Å². The fourth-order valence-electron chi connectivity index (χ4n) is 4.07. The lowest BCUT2D eigenvalue weighted by molar-refractivity contribution is 0.262. The number of benzene rings is 2. The van der Waals surface area contributed by atoms with Gasteiger partial charge in [0.2, 0.25) is 0 Å². The molecular weight excluding hydrogens is 404 g/mol. The number of thioether (sulfide) groups is 1. The Morgan fingerprint density at radius 1 is 1.23 bits per heavy atom. The van der Waals surface area contributed by atoms with Gasteiger partial charge >= 0.3 is 6.03 Å². The van der Waals surface area contributed by atoms with Crippen LogP contribution in [0.1, 0.15) is 37.7 Å². The first-order valence-corrected chi connectivity index (χ1v) is 12.1. The molecule has 2 heterocycles. The first kappa shape index (κ1) is 21.4. The fraction of sp³-hybridized carbons (Fsp3) is 0.320. The normalized spacial score (nSPS) is 15.9. The number of para-hydroxylation sites is 1. The molecule has 0 bridgehead atoms. The van der Waals surface area contributed by atoms with E-state index in [2.05, 4.69) is 52.0 Å². The number of unbranched alkanes of at least 4 members (excludes halogenated alkanes) is 1. The maximum atomic E-state index is 12.6. The second kappa shape index (κ2) is 9.96. The number of allylic oxidation sites excluding steroid dienone is 1. The zero-order valence-electron chi connectivity index (χ0n) is 18.2. The Kier molecular flexibility index (Phi) is 6.87. The first-order valence-electron chi connectivity index (χ1n) is 10.9. The second-order valence-corrected chi connectivity index (χ2v) is 8.76. The molecule has 1 aliphatic rings. The van der Waals surface area contributed by atoms with Gasteiger partial charge in [0.15, 0.2) is 0 Å². The van der Waals surface area contributed by atoms with Gasteiger partial charge in [0, 0.05) is 46.7 Å². The van der Waals surface area contributed by atoms with E-state index in [1.807, 2.05) is 42.7 Å². The third-order valence-electron chi connectivity index (χ3n) is 5.78. The van der Waals surface area contributed by atoms with E-state index in [1.54, 1.807) is 11.8 Å². The maximum Gasteiger partial charge on any atom is 0.323 e. The number of amides is 2. The molecule has 5 nitrogen and oxygen atoms in total. The standard InChI is InChI=1S/C25H30N4OS/c1-3-4-13-29-14-11-18(12-15-29)21-17-26-22-10-9-19(16-20(21)22)27-25(30)28-23-7-5-6-8-24(23)31-2/h5-11,14,16-18,26H,3-4,12-13,15H2,1-2H3,(H2,27,28,30). The Morgan fingerprint density at radius 2 is 2.10 bits per heavy atom. The number of carbonyl (C=O) groups is 1. The minimum absolute atomic E-state index is 0.234. The Bertz CT molecular complexity index is 1070. The maximum absolute atomic E-state index is 12.6. The minimum Gasteiger partial charge on any atom is -0.378 e. The Labute approximate surface area is 188 Å². The van der Waals surface area contributed by atoms with Crippen molar-refractivity contribution in [3.05, 3.63) is 66.5 Å². The fourth-order valence-corrected chi connectivity index (χ4v) is 4.62. The topological polar surface area (TPSA) is 60.2 Å². The molecule has 1 unspecified atom stereocenters. The average molecular weight is 435 g/mol. The van der Waals surface area contributed by atoms with E-state index < -0.39 is 0 Å². The molecule has 0 saturated carbocycles. The molecule has 0 saturated heterocycles. The van der Waals surface area contributed by atoms with Crippen molar-refractivity contribution in [1.29, 1.82) is 0 Å². The minimum atomic E-state index is -0.234. The van der Waals surface area contributed by atoms with E-state index >= 15 is 0 Å². The summed E-state index contributed by atoms with van der Waals surface area (Å²) in [7, 11) is 0. The number of aromatic nitrogens is 1. The van der Waals surface area contributed by atoms with Crippen LogP contribution in [0, 0.1) is 0 Å². The Hall–Kier alpha value is -2.86. The summed E-state index contributed by atoms with van der Waals surface area (Å²) < 4.78 is 0. The molecule has 2 aromatic carbocycles. The lowest BCUT2D eigenvalue weighted by atomic mass is 9.93. The lowest BCUT2D eigenvalue weighted by Crippen LogP contribution is -2.24. The van der Waals surface area contributed by atoms with Crippen molar-refractivity contribution < 1.29 is 4.79 Å². The highest BCUT2D eigenvalue weighted by atomic mass is 32.2. The number of carbonyl (C=O) groups excluding carboxylic acids is 1. The van der Waals surface area contributed by atoms with Gasteiger partial charge in [-0.1, -0.05) is 31.6 Å². The number of hydrogen-bond acceptors (Lipinski definition) is 3. The monoisotopic (exact) mass is 434 g/mol. The Balaban J connectivity index is 1.48. The van der Waals surface area contributed by atoms with Crippen LogP contribution in [0.2, 0.25) is 0 Å². The average Bonchev–Trinajstić information content (AvgIpc) is 3.21. The molecule has 0 spiro atoms. The molecule has 2 amide bonds. The van der Waals surface area contributed by atoms with Crippen molar-refractivity contribution in [3.8, 4) is 0 Å². The van der Waals surface area contributed by atoms with Crippen molar-refractivity contribution in [2.45, 2.75) is 37.0 Å². The molecule has 31 heavy (non-hydrogen) atoms. The van der Waals surface area contributed by atoms with Gasteiger partial charge in [-0.25, -0.2) is 4.79 Å². The Morgan fingerprint density at radius 3 is 2.87 bits per heavy atom. The summed E-state index contributed by atoms with van der Waals surface area (Å²) in [6.07, 6.45) is 12.2. The molecular formula is C25H30N4OS. The van der Waals surface area contributed by atoms with Gasteiger partial charge in [0.25, 0.3) is 0 Å². The van der Waals surface area contributed by atoms with Crippen LogP contribution >= 0.6 is 11.8 Å². The van der Waals surface area contributed by atoms with Crippen molar-refractivity contribution in [3.63, 3.8) is 0 Å². The van der Waals surface area contributed by atoms with Crippen LogP contribution in [-0.4, -0.2) is 35.3 Å². The largest absolute Gasteiger partial charge is 0.378 e. The van der Waals surface area contributed by atoms with E-state index in [1.165, 1.54) is 23.8 Å². The highest BCUT2D eigenvalue weighted by Gasteiger charge is 2.18. The van der Waals surface area contributed by atoms with Crippen LogP contribution in [0.5, 0.6) is 0 Å². The van der Waals surface area contributed by atoms with Crippen LogP contribution in [0.25, 0.3) is 10.9 Å². The number of aromatic amines is 1. The summed E-state index contributed by atoms with van der Waals surface area (Å²) in [5.41, 5.74) is 3.99. The van der Waals surface area contributed by atoms with E-state index in [9.17, 15) is 4.79 Å². The highest BCUT2D eigenvalue weighted by Crippen LogP contribution is 2.33. The van der Waals surface area contributed by atoms with Gasteiger partial charge in [-0.05, 0) is 61.2 Å². The van der Waals surface area contributed by atoms with Crippen LogP contribution in [0.3, 0.4) is 0 Å². The van der Waals surface area contributed by atoms with E-state index in [0.29, 0.717) is 5.92 Å². The molecule has 0 aliphatic carbocycles. The smallest absolute Gasteiger partial charge is 0.323 e. The zero-order chi connectivity index (χ0) is 21.6. The molecule has 0 radical (unpaired) electrons. The third-order valence-corrected chi connectivity index (χ3v) is 6.58. The van der Waals surface area contributed by atoms with Crippen LogP contribution in [0.4, 0.5) is 16.2 Å². The van der Waals surface area contributed by atoms with Crippen molar-refractivity contribution in [2.24, 2.45) is 0 Å². The molecule has 1 atom stereocenters. The summed E-state index contributed by atoms with van der Waals surface area (Å²) in [6.45, 7) is 4.45. The molecule has 3 N–H and O–H groups in total. The summed E-state index contributed by atoms with van der Waals surface area (Å²) in [6, 6.07) is 13.6. The number of nitrogens with zero attached hydrogens (tertiary/aromatic N) is 1. The highest BCUT2D eigenvalue weighted by molar-refractivity contribution is 7.98. The zero-order valence-corrected chi connectivity index (χ0v) is 19.0. The summed E-state index contributed by atoms with van der Waals surface area (Å²) in [5.74, 6) is 0.393. The number of rotatable bonds is 7. The molecule has 162 valence electrons. The second-order valence-electron chi connectivity index (χ2n) is 7.91.